The van der Waals surface area contributed by atoms with Gasteiger partial charge in [0.1, 0.15) is 5.82 Å². The minimum absolute atomic E-state index is 0.00255. The van der Waals surface area contributed by atoms with E-state index in [1.54, 1.807) is 22.9 Å². The summed E-state index contributed by atoms with van der Waals surface area (Å²) in [6.07, 6.45) is 3.44. The van der Waals surface area contributed by atoms with Crippen molar-refractivity contribution in [2.24, 2.45) is 5.73 Å². The first kappa shape index (κ1) is 21.6. The molecule has 0 spiro atoms. The highest BCUT2D eigenvalue weighted by atomic mass is 32.2. The molecule has 1 aliphatic heterocycles. The van der Waals surface area contributed by atoms with E-state index >= 15 is 0 Å². The molecule has 2 aliphatic rings. The van der Waals surface area contributed by atoms with Crippen LogP contribution in [0.15, 0.2) is 57.5 Å². The van der Waals surface area contributed by atoms with Crippen molar-refractivity contribution >= 4 is 45.0 Å². The lowest BCUT2D eigenvalue weighted by Gasteiger charge is -2.37. The van der Waals surface area contributed by atoms with Crippen molar-refractivity contribution in [3.05, 3.63) is 58.8 Å². The Morgan fingerprint density at radius 3 is 2.79 bits per heavy atom. The molecule has 166 valence electrons. The average molecular weight is 476 g/mol. The molecule has 3 heterocycles. The Morgan fingerprint density at radius 1 is 1.24 bits per heavy atom. The largest absolute Gasteiger partial charge is 0.384 e. The molecule has 2 N–H and O–H groups in total. The zero-order valence-corrected chi connectivity index (χ0v) is 19.8. The summed E-state index contributed by atoms with van der Waals surface area (Å²) in [6, 6.07) is 9.78. The highest BCUT2D eigenvalue weighted by Gasteiger charge is 2.42. The lowest BCUT2D eigenvalue weighted by molar-refractivity contribution is -0.116. The molecule has 5 rings (SSSR count). The number of aromatic nitrogens is 4. The van der Waals surface area contributed by atoms with Gasteiger partial charge in [0.05, 0.1) is 40.5 Å². The van der Waals surface area contributed by atoms with Crippen molar-refractivity contribution in [2.45, 2.75) is 48.6 Å². The number of hydrogen-bond acceptors (Lipinski definition) is 10. The molecule has 0 saturated carbocycles. The molecular formula is C23H21N7OS2. The summed E-state index contributed by atoms with van der Waals surface area (Å²) in [4.78, 5) is 24.2. The first-order chi connectivity index (χ1) is 16.0. The predicted octanol–water partition coefficient (Wildman–Crippen LogP) is 4.29. The summed E-state index contributed by atoms with van der Waals surface area (Å²) in [5.74, 6) is -0.380. The molecule has 0 fully saturated rings. The number of rotatable bonds is 4. The van der Waals surface area contributed by atoms with Crippen LogP contribution in [0.5, 0.6) is 0 Å². The quantitative estimate of drug-likeness (QED) is 0.551. The summed E-state index contributed by atoms with van der Waals surface area (Å²) in [7, 11) is 0. The normalized spacial score (nSPS) is 18.8. The highest BCUT2D eigenvalue weighted by molar-refractivity contribution is 8.01. The van der Waals surface area contributed by atoms with Crippen LogP contribution in [0, 0.1) is 11.3 Å². The number of benzene rings is 1. The van der Waals surface area contributed by atoms with E-state index in [1.807, 2.05) is 24.3 Å². The van der Waals surface area contributed by atoms with Gasteiger partial charge in [0, 0.05) is 22.9 Å². The third kappa shape index (κ3) is 3.77. The van der Waals surface area contributed by atoms with Gasteiger partial charge < -0.3 is 5.73 Å². The summed E-state index contributed by atoms with van der Waals surface area (Å²) in [6.45, 7) is 4.18. The topological polar surface area (TPSA) is 122 Å². The van der Waals surface area contributed by atoms with Gasteiger partial charge in [-0.2, -0.15) is 5.26 Å². The molecule has 33 heavy (non-hydrogen) atoms. The first-order valence-corrected chi connectivity index (χ1v) is 12.4. The number of carbonyl (C=O) groups excluding carboxylic acids is 1. The van der Waals surface area contributed by atoms with E-state index in [0.717, 1.165) is 15.6 Å². The van der Waals surface area contributed by atoms with Crippen molar-refractivity contribution in [3.63, 3.8) is 0 Å². The zero-order chi connectivity index (χ0) is 23.1. The Labute approximate surface area is 199 Å². The van der Waals surface area contributed by atoms with E-state index in [-0.39, 0.29) is 17.2 Å². The zero-order valence-electron chi connectivity index (χ0n) is 18.1. The number of para-hydroxylation sites is 2. The maximum absolute atomic E-state index is 13.2. The average Bonchev–Trinajstić information content (AvgIpc) is 3.25. The second-order valence-electron chi connectivity index (χ2n) is 8.12. The van der Waals surface area contributed by atoms with Crippen LogP contribution in [-0.4, -0.2) is 31.2 Å². The number of nitriles is 1. The lowest BCUT2D eigenvalue weighted by Crippen LogP contribution is -2.39. The molecule has 10 heteroatoms. The van der Waals surface area contributed by atoms with E-state index < -0.39 is 5.92 Å². The Hall–Kier alpha value is -3.29. The Bertz CT molecular complexity index is 1370. The van der Waals surface area contributed by atoms with Crippen molar-refractivity contribution in [2.75, 3.05) is 4.90 Å². The number of nitrogens with zero attached hydrogens (tertiary/aromatic N) is 6. The van der Waals surface area contributed by atoms with Crippen LogP contribution < -0.4 is 10.6 Å². The van der Waals surface area contributed by atoms with Crippen LogP contribution in [0.2, 0.25) is 0 Å². The number of fused-ring (bicyclic) bond motifs is 1. The smallest absolute Gasteiger partial charge is 0.219 e. The number of allylic oxidation sites excluding steroid dienone is 3. The second kappa shape index (κ2) is 8.57. The number of carbonyl (C=O) groups is 1. The first-order valence-electron chi connectivity index (χ1n) is 10.7. The van der Waals surface area contributed by atoms with Crippen molar-refractivity contribution in [1.82, 2.24) is 20.2 Å². The van der Waals surface area contributed by atoms with Crippen LogP contribution in [0.25, 0.3) is 11.0 Å². The minimum atomic E-state index is -0.649. The molecular weight excluding hydrogens is 454 g/mol. The molecule has 3 aromatic rings. The summed E-state index contributed by atoms with van der Waals surface area (Å²) >= 11 is 3.02. The maximum atomic E-state index is 13.2. The molecule has 0 unspecified atom stereocenters. The minimum Gasteiger partial charge on any atom is -0.384 e. The number of hydrogen-bond donors (Lipinski definition) is 1. The van der Waals surface area contributed by atoms with Crippen molar-refractivity contribution in [1.29, 1.82) is 5.26 Å². The number of nitrogens with two attached hydrogens (primary N) is 1. The van der Waals surface area contributed by atoms with E-state index in [0.29, 0.717) is 46.4 Å². The van der Waals surface area contributed by atoms with Gasteiger partial charge in [-0.1, -0.05) is 49.1 Å². The van der Waals surface area contributed by atoms with E-state index in [1.165, 1.54) is 11.3 Å². The molecule has 1 aromatic carbocycles. The number of Topliss-reactive ketones (excluding diaryl/α,β-unsaturated/α-hetero) is 1. The van der Waals surface area contributed by atoms with Gasteiger partial charge in [0.2, 0.25) is 5.13 Å². The van der Waals surface area contributed by atoms with Gasteiger partial charge in [-0.15, -0.1) is 10.2 Å². The van der Waals surface area contributed by atoms with Crippen LogP contribution >= 0.6 is 23.1 Å². The van der Waals surface area contributed by atoms with Gasteiger partial charge in [0.25, 0.3) is 0 Å². The monoisotopic (exact) mass is 475 g/mol. The van der Waals surface area contributed by atoms with Crippen LogP contribution in [0.3, 0.4) is 0 Å². The van der Waals surface area contributed by atoms with Gasteiger partial charge in [-0.3, -0.25) is 14.7 Å². The van der Waals surface area contributed by atoms with Crippen molar-refractivity contribution in [3.8, 4) is 6.07 Å². The molecule has 2 aromatic heterocycles. The van der Waals surface area contributed by atoms with E-state index in [9.17, 15) is 10.1 Å². The third-order valence-corrected chi connectivity index (χ3v) is 7.60. The fraction of sp³-hybridized carbons (Fsp3) is 0.304. The fourth-order valence-corrected chi connectivity index (χ4v) is 6.36. The molecule has 8 nitrogen and oxygen atoms in total. The van der Waals surface area contributed by atoms with Crippen LogP contribution in [0.4, 0.5) is 5.13 Å². The van der Waals surface area contributed by atoms with E-state index in [4.69, 9.17) is 10.7 Å². The lowest BCUT2D eigenvalue weighted by atomic mass is 9.77. The van der Waals surface area contributed by atoms with Gasteiger partial charge in [-0.05, 0) is 25.0 Å². The standard InChI is InChI=1S/C23H21N7OS2/c1-12(2)32-23-29-28-22(33-23)30-17-8-5-9-18(31)20(17)19(13(10-24)21(30)25)16-11-26-14-6-3-4-7-15(14)27-16/h3-4,6-7,11-12,19H,5,8-9,25H2,1-2H3/t19-/m1/s1. The SMILES string of the molecule is CC(C)Sc1nnc(N2C(N)=C(C#N)[C@H](c3cnc4ccccc4n3)C3=C2CCCC3=O)s1. The number of ketones is 1. The second-order valence-corrected chi connectivity index (χ2v) is 10.9. The van der Waals surface area contributed by atoms with Gasteiger partial charge in [-0.25, -0.2) is 4.98 Å². The van der Waals surface area contributed by atoms with Crippen LogP contribution in [0.1, 0.15) is 44.7 Å². The number of anilines is 1. The maximum Gasteiger partial charge on any atom is 0.219 e. The van der Waals surface area contributed by atoms with Gasteiger partial charge >= 0.3 is 0 Å². The number of thioether (sulfide) groups is 1. The predicted molar refractivity (Wildman–Crippen MR) is 128 cm³/mol. The summed E-state index contributed by atoms with van der Waals surface area (Å²) in [5.41, 5.74) is 10.2. The molecule has 0 radical (unpaired) electrons. The summed E-state index contributed by atoms with van der Waals surface area (Å²) in [5, 5.41) is 19.7. The van der Waals surface area contributed by atoms with Crippen LogP contribution in [-0.2, 0) is 4.79 Å². The third-order valence-electron chi connectivity index (χ3n) is 5.60. The van der Waals surface area contributed by atoms with Crippen molar-refractivity contribution < 1.29 is 4.79 Å². The Kier molecular flexibility index (Phi) is 5.60. The molecule has 1 aliphatic carbocycles. The molecule has 0 saturated heterocycles. The van der Waals surface area contributed by atoms with Gasteiger partial charge in [0.15, 0.2) is 10.1 Å². The Morgan fingerprint density at radius 2 is 2.03 bits per heavy atom. The Balaban J connectivity index is 1.68. The highest BCUT2D eigenvalue weighted by Crippen LogP contribution is 2.46. The molecule has 1 atom stereocenters. The summed E-state index contributed by atoms with van der Waals surface area (Å²) < 4.78 is 0.818. The fourth-order valence-electron chi connectivity index (χ4n) is 4.25. The molecule has 0 bridgehead atoms. The van der Waals surface area contributed by atoms with E-state index in [2.05, 4.69) is 35.1 Å². The molecule has 0 amide bonds.